The Balaban J connectivity index is 1.54. The Morgan fingerprint density at radius 1 is 1.55 bits per heavy atom. The summed E-state index contributed by atoms with van der Waals surface area (Å²) in [4.78, 5) is 11.9. The number of hydrogen-bond donors (Lipinski definition) is 1. The molecular weight excluding hydrogens is 276 g/mol. The van der Waals surface area contributed by atoms with Crippen molar-refractivity contribution in [2.45, 2.75) is 12.8 Å². The summed E-state index contributed by atoms with van der Waals surface area (Å²) in [5.41, 5.74) is 1.51. The fraction of sp³-hybridized carbons (Fsp3) is 0.429. The van der Waals surface area contributed by atoms with Gasteiger partial charge >= 0.3 is 0 Å². The predicted octanol–water partition coefficient (Wildman–Crippen LogP) is 2.09. The van der Waals surface area contributed by atoms with Crippen molar-refractivity contribution < 1.29 is 14.1 Å². The van der Waals surface area contributed by atoms with Gasteiger partial charge in [-0.1, -0.05) is 5.16 Å². The van der Waals surface area contributed by atoms with E-state index in [1.54, 1.807) is 17.4 Å². The Morgan fingerprint density at radius 2 is 2.50 bits per heavy atom. The Morgan fingerprint density at radius 3 is 3.25 bits per heavy atom. The zero-order chi connectivity index (χ0) is 13.8. The first-order chi connectivity index (χ1) is 9.81. The topological polar surface area (TPSA) is 64.4 Å². The number of carbonyl (C=O) groups is 1. The van der Waals surface area contributed by atoms with Crippen molar-refractivity contribution in [1.82, 2.24) is 10.5 Å². The summed E-state index contributed by atoms with van der Waals surface area (Å²) >= 11 is 1.64. The van der Waals surface area contributed by atoms with E-state index in [1.807, 2.05) is 11.4 Å². The molecule has 6 heteroatoms. The molecule has 1 fully saturated rings. The third-order valence-electron chi connectivity index (χ3n) is 3.33. The molecule has 3 heterocycles. The van der Waals surface area contributed by atoms with Crippen LogP contribution in [-0.2, 0) is 11.2 Å². The molecule has 3 rings (SSSR count). The van der Waals surface area contributed by atoms with Gasteiger partial charge in [0, 0.05) is 31.6 Å². The number of carbonyl (C=O) groups excluding carboxylic acids is 1. The average molecular weight is 292 g/mol. The summed E-state index contributed by atoms with van der Waals surface area (Å²) in [7, 11) is 0. The van der Waals surface area contributed by atoms with Crippen molar-refractivity contribution in [1.29, 1.82) is 0 Å². The summed E-state index contributed by atoms with van der Waals surface area (Å²) < 4.78 is 10.5. The molecule has 1 aliphatic rings. The minimum absolute atomic E-state index is 0.183. The molecule has 0 aromatic carbocycles. The van der Waals surface area contributed by atoms with Crippen LogP contribution < -0.4 is 5.32 Å². The Hall–Kier alpha value is -1.66. The van der Waals surface area contributed by atoms with Crippen LogP contribution in [0.1, 0.15) is 28.2 Å². The van der Waals surface area contributed by atoms with Crippen LogP contribution in [0.5, 0.6) is 0 Å². The molecular formula is C14H16N2O3S. The first-order valence-electron chi connectivity index (χ1n) is 6.64. The number of thiophene rings is 1. The Labute approximate surface area is 120 Å². The van der Waals surface area contributed by atoms with Crippen LogP contribution in [0.2, 0.25) is 0 Å². The highest BCUT2D eigenvalue weighted by Crippen LogP contribution is 2.14. The van der Waals surface area contributed by atoms with Crippen molar-refractivity contribution in [3.05, 3.63) is 39.9 Å². The van der Waals surface area contributed by atoms with E-state index in [0.717, 1.165) is 19.6 Å². The van der Waals surface area contributed by atoms with Gasteiger partial charge in [-0.15, -0.1) is 0 Å². The van der Waals surface area contributed by atoms with Gasteiger partial charge in [0.1, 0.15) is 5.76 Å². The lowest BCUT2D eigenvalue weighted by Crippen LogP contribution is -2.29. The standard InChI is InChI=1S/C14H16N2O3S/c17-14(15-7-11-1-3-18-8-11)13-6-12(19-16-13)5-10-2-4-20-9-10/h2,4,6,9,11H,1,3,5,7-8H2,(H,15,17). The second-order valence-electron chi connectivity index (χ2n) is 4.93. The van der Waals surface area contributed by atoms with Gasteiger partial charge in [-0.3, -0.25) is 4.79 Å². The molecule has 1 amide bonds. The molecule has 106 valence electrons. The van der Waals surface area contributed by atoms with Crippen LogP contribution in [0.15, 0.2) is 27.4 Å². The third kappa shape index (κ3) is 3.26. The minimum Gasteiger partial charge on any atom is -0.381 e. The van der Waals surface area contributed by atoms with E-state index in [0.29, 0.717) is 30.3 Å². The van der Waals surface area contributed by atoms with Gasteiger partial charge in [0.25, 0.3) is 5.91 Å². The van der Waals surface area contributed by atoms with E-state index in [9.17, 15) is 4.79 Å². The summed E-state index contributed by atoms with van der Waals surface area (Å²) in [5.74, 6) is 0.936. The molecule has 0 spiro atoms. The van der Waals surface area contributed by atoms with E-state index in [4.69, 9.17) is 9.26 Å². The highest BCUT2D eigenvalue weighted by molar-refractivity contribution is 7.07. The maximum absolute atomic E-state index is 11.9. The zero-order valence-corrected chi connectivity index (χ0v) is 11.8. The van der Waals surface area contributed by atoms with E-state index in [-0.39, 0.29) is 5.91 Å². The molecule has 5 nitrogen and oxygen atoms in total. The van der Waals surface area contributed by atoms with Crippen molar-refractivity contribution in [2.75, 3.05) is 19.8 Å². The molecule has 1 atom stereocenters. The second kappa shape index (κ2) is 6.19. The van der Waals surface area contributed by atoms with Crippen molar-refractivity contribution >= 4 is 17.2 Å². The molecule has 2 aromatic rings. The van der Waals surface area contributed by atoms with Crippen LogP contribution in [0.3, 0.4) is 0 Å². The van der Waals surface area contributed by atoms with Gasteiger partial charge in [0.2, 0.25) is 0 Å². The summed E-state index contributed by atoms with van der Waals surface area (Å²) in [6, 6.07) is 3.74. The van der Waals surface area contributed by atoms with Crippen LogP contribution in [0.25, 0.3) is 0 Å². The van der Waals surface area contributed by atoms with E-state index < -0.39 is 0 Å². The first-order valence-corrected chi connectivity index (χ1v) is 7.58. The molecule has 20 heavy (non-hydrogen) atoms. The predicted molar refractivity (Wildman–Crippen MR) is 74.9 cm³/mol. The zero-order valence-electron chi connectivity index (χ0n) is 11.0. The number of amides is 1. The third-order valence-corrected chi connectivity index (χ3v) is 4.06. The number of aromatic nitrogens is 1. The number of rotatable bonds is 5. The highest BCUT2D eigenvalue weighted by atomic mass is 32.1. The van der Waals surface area contributed by atoms with E-state index in [1.165, 1.54) is 5.56 Å². The van der Waals surface area contributed by atoms with Gasteiger partial charge in [-0.25, -0.2) is 0 Å². The largest absolute Gasteiger partial charge is 0.381 e. The summed E-state index contributed by atoms with van der Waals surface area (Å²) in [6.45, 7) is 2.14. The maximum Gasteiger partial charge on any atom is 0.273 e. The number of hydrogen-bond acceptors (Lipinski definition) is 5. The first kappa shape index (κ1) is 13.3. The Kier molecular flexibility index (Phi) is 4.13. The average Bonchev–Trinajstić information content (AvgIpc) is 3.19. The van der Waals surface area contributed by atoms with E-state index >= 15 is 0 Å². The molecule has 0 bridgehead atoms. The fourth-order valence-electron chi connectivity index (χ4n) is 2.17. The SMILES string of the molecule is O=C(NCC1CCOC1)c1cc(Cc2ccsc2)on1. The van der Waals surface area contributed by atoms with Crippen molar-refractivity contribution in [2.24, 2.45) is 5.92 Å². The monoisotopic (exact) mass is 292 g/mol. The smallest absolute Gasteiger partial charge is 0.273 e. The van der Waals surface area contributed by atoms with Gasteiger partial charge in [-0.2, -0.15) is 11.3 Å². The lowest BCUT2D eigenvalue weighted by atomic mass is 10.1. The molecule has 1 saturated heterocycles. The Bertz CT molecular complexity index is 559. The van der Waals surface area contributed by atoms with E-state index in [2.05, 4.69) is 15.9 Å². The lowest BCUT2D eigenvalue weighted by molar-refractivity contribution is 0.0936. The van der Waals surface area contributed by atoms with Crippen LogP contribution in [0, 0.1) is 5.92 Å². The number of ether oxygens (including phenoxy) is 1. The number of nitrogens with one attached hydrogen (secondary N) is 1. The molecule has 1 N–H and O–H groups in total. The summed E-state index contributed by atoms with van der Waals surface area (Å²) in [6.07, 6.45) is 1.67. The molecule has 1 unspecified atom stereocenters. The van der Waals surface area contributed by atoms with Gasteiger partial charge < -0.3 is 14.6 Å². The summed E-state index contributed by atoms with van der Waals surface area (Å²) in [5, 5.41) is 10.8. The number of nitrogens with zero attached hydrogens (tertiary/aromatic N) is 1. The molecule has 1 aliphatic heterocycles. The quantitative estimate of drug-likeness (QED) is 0.916. The maximum atomic E-state index is 11.9. The van der Waals surface area contributed by atoms with Crippen LogP contribution in [-0.4, -0.2) is 30.8 Å². The second-order valence-corrected chi connectivity index (χ2v) is 5.71. The molecule has 0 saturated carbocycles. The van der Waals surface area contributed by atoms with Gasteiger partial charge in [0.15, 0.2) is 5.69 Å². The van der Waals surface area contributed by atoms with Crippen molar-refractivity contribution in [3.8, 4) is 0 Å². The normalized spacial score (nSPS) is 18.3. The molecule has 0 aliphatic carbocycles. The van der Waals surface area contributed by atoms with Crippen LogP contribution >= 0.6 is 11.3 Å². The van der Waals surface area contributed by atoms with Gasteiger partial charge in [-0.05, 0) is 28.8 Å². The van der Waals surface area contributed by atoms with Crippen molar-refractivity contribution in [3.63, 3.8) is 0 Å². The minimum atomic E-state index is -0.183. The van der Waals surface area contributed by atoms with Gasteiger partial charge in [0.05, 0.1) is 6.61 Å². The lowest BCUT2D eigenvalue weighted by Gasteiger charge is -2.07. The molecule has 0 radical (unpaired) electrons. The fourth-order valence-corrected chi connectivity index (χ4v) is 2.84. The highest BCUT2D eigenvalue weighted by Gasteiger charge is 2.18. The van der Waals surface area contributed by atoms with Crippen LogP contribution in [0.4, 0.5) is 0 Å². The molecule has 2 aromatic heterocycles.